The van der Waals surface area contributed by atoms with E-state index < -0.39 is 0 Å². The summed E-state index contributed by atoms with van der Waals surface area (Å²) >= 11 is 4.46. The van der Waals surface area contributed by atoms with Crippen LogP contribution in [0.15, 0.2) is 24.3 Å². The number of halogens is 1. The fourth-order valence-electron chi connectivity index (χ4n) is 2.61. The number of likely N-dealkylation sites (N-methyl/N-ethyl adjacent to an activating group) is 2. The number of nitrogens with zero attached hydrogens (tertiary/aromatic N) is 1. The number of nitrogens with one attached hydrogen (secondary N) is 1. The van der Waals surface area contributed by atoms with Gasteiger partial charge >= 0.3 is 0 Å². The Kier molecular flexibility index (Phi) is 6.45. The third kappa shape index (κ3) is 4.62. The molecule has 1 saturated heterocycles. The summed E-state index contributed by atoms with van der Waals surface area (Å²) in [7, 11) is 2.27. The van der Waals surface area contributed by atoms with Gasteiger partial charge in [-0.15, -0.1) is 0 Å². The molecule has 2 unspecified atom stereocenters. The van der Waals surface area contributed by atoms with Crippen LogP contribution in [0.2, 0.25) is 0 Å². The van der Waals surface area contributed by atoms with E-state index in [2.05, 4.69) is 82.8 Å². The van der Waals surface area contributed by atoms with E-state index in [0.717, 1.165) is 13.0 Å². The van der Waals surface area contributed by atoms with Crippen LogP contribution in [0.3, 0.4) is 0 Å². The fraction of sp³-hybridized carbons (Fsp3) is 0.600. The standard InChI is InChI=1S/C15H23IN2S/c1-3-17-14(15-11-19-9-8-18(15)2)10-12-4-6-13(16)7-5-12/h4-7,14-15,17H,3,8-11H2,1-2H3. The minimum absolute atomic E-state index is 0.558. The van der Waals surface area contributed by atoms with Crippen LogP contribution in [0.25, 0.3) is 0 Å². The summed E-state index contributed by atoms with van der Waals surface area (Å²) in [6, 6.07) is 10.2. The van der Waals surface area contributed by atoms with E-state index in [-0.39, 0.29) is 0 Å². The van der Waals surface area contributed by atoms with Crippen LogP contribution in [0, 0.1) is 3.57 Å². The Morgan fingerprint density at radius 1 is 1.42 bits per heavy atom. The molecular formula is C15H23IN2S. The lowest BCUT2D eigenvalue weighted by atomic mass is 9.99. The Morgan fingerprint density at radius 3 is 2.79 bits per heavy atom. The van der Waals surface area contributed by atoms with Gasteiger partial charge in [-0.25, -0.2) is 0 Å². The maximum Gasteiger partial charge on any atom is 0.0340 e. The van der Waals surface area contributed by atoms with Crippen molar-refractivity contribution in [3.05, 3.63) is 33.4 Å². The van der Waals surface area contributed by atoms with Gasteiger partial charge in [-0.05, 0) is 60.3 Å². The summed E-state index contributed by atoms with van der Waals surface area (Å²) in [5.74, 6) is 2.52. The monoisotopic (exact) mass is 390 g/mol. The number of rotatable bonds is 5. The van der Waals surface area contributed by atoms with Gasteiger partial charge < -0.3 is 10.2 Å². The van der Waals surface area contributed by atoms with Crippen molar-refractivity contribution in [1.29, 1.82) is 0 Å². The van der Waals surface area contributed by atoms with Gasteiger partial charge in [0.1, 0.15) is 0 Å². The largest absolute Gasteiger partial charge is 0.312 e. The van der Waals surface area contributed by atoms with Crippen molar-refractivity contribution in [3.63, 3.8) is 0 Å². The zero-order chi connectivity index (χ0) is 13.7. The van der Waals surface area contributed by atoms with Crippen LogP contribution in [0.4, 0.5) is 0 Å². The molecule has 1 aliphatic rings. The maximum absolute atomic E-state index is 3.69. The Labute approximate surface area is 134 Å². The molecule has 1 N–H and O–H groups in total. The molecule has 0 radical (unpaired) electrons. The molecule has 1 fully saturated rings. The van der Waals surface area contributed by atoms with Crippen LogP contribution < -0.4 is 5.32 Å². The van der Waals surface area contributed by atoms with Crippen molar-refractivity contribution in [3.8, 4) is 0 Å². The first-order valence-electron chi connectivity index (χ1n) is 6.96. The fourth-order valence-corrected chi connectivity index (χ4v) is 4.28. The molecule has 1 aromatic carbocycles. The van der Waals surface area contributed by atoms with Gasteiger partial charge in [0.25, 0.3) is 0 Å². The number of hydrogen-bond donors (Lipinski definition) is 1. The summed E-state index contributed by atoms with van der Waals surface area (Å²) in [6.07, 6.45) is 1.13. The maximum atomic E-state index is 3.69. The molecule has 1 aromatic rings. The zero-order valence-corrected chi connectivity index (χ0v) is 14.7. The number of hydrogen-bond acceptors (Lipinski definition) is 3. The lowest BCUT2D eigenvalue weighted by Gasteiger charge is -2.38. The molecule has 19 heavy (non-hydrogen) atoms. The van der Waals surface area contributed by atoms with Crippen LogP contribution in [-0.2, 0) is 6.42 Å². The van der Waals surface area contributed by atoms with Crippen LogP contribution >= 0.6 is 34.4 Å². The third-order valence-electron chi connectivity index (χ3n) is 3.74. The molecule has 0 aliphatic carbocycles. The second-order valence-corrected chi connectivity index (χ2v) is 7.51. The van der Waals surface area contributed by atoms with E-state index in [1.54, 1.807) is 0 Å². The lowest BCUT2D eigenvalue weighted by molar-refractivity contribution is 0.215. The molecule has 1 heterocycles. The summed E-state index contributed by atoms with van der Waals surface area (Å²) in [4.78, 5) is 2.52. The van der Waals surface area contributed by atoms with E-state index in [1.165, 1.54) is 27.2 Å². The lowest BCUT2D eigenvalue weighted by Crippen LogP contribution is -2.53. The average Bonchev–Trinajstić information content (AvgIpc) is 2.41. The topological polar surface area (TPSA) is 15.3 Å². The first-order chi connectivity index (χ1) is 9.20. The predicted octanol–water partition coefficient (Wildman–Crippen LogP) is 2.86. The predicted molar refractivity (Wildman–Crippen MR) is 94.1 cm³/mol. The van der Waals surface area contributed by atoms with E-state index in [1.807, 2.05) is 0 Å². The SMILES string of the molecule is CCNC(Cc1ccc(I)cc1)C1CSCCN1C. The second kappa shape index (κ2) is 7.86. The molecule has 0 spiro atoms. The number of thioether (sulfide) groups is 1. The van der Waals surface area contributed by atoms with Crippen molar-refractivity contribution in [2.24, 2.45) is 0 Å². The van der Waals surface area contributed by atoms with Crippen LogP contribution in [0.1, 0.15) is 12.5 Å². The molecule has 2 nitrogen and oxygen atoms in total. The zero-order valence-electron chi connectivity index (χ0n) is 11.7. The Morgan fingerprint density at radius 2 is 2.16 bits per heavy atom. The molecule has 2 atom stereocenters. The van der Waals surface area contributed by atoms with Gasteiger partial charge in [-0.2, -0.15) is 11.8 Å². The highest BCUT2D eigenvalue weighted by Crippen LogP contribution is 2.20. The van der Waals surface area contributed by atoms with Crippen molar-refractivity contribution in [1.82, 2.24) is 10.2 Å². The molecule has 4 heteroatoms. The molecule has 0 saturated carbocycles. The normalized spacial score (nSPS) is 22.4. The first kappa shape index (κ1) is 15.6. The average molecular weight is 390 g/mol. The van der Waals surface area contributed by atoms with Gasteiger partial charge in [0.15, 0.2) is 0 Å². The van der Waals surface area contributed by atoms with Crippen molar-refractivity contribution in [2.45, 2.75) is 25.4 Å². The number of benzene rings is 1. The quantitative estimate of drug-likeness (QED) is 0.779. The van der Waals surface area contributed by atoms with Gasteiger partial charge in [0.05, 0.1) is 0 Å². The third-order valence-corrected chi connectivity index (χ3v) is 5.51. The highest BCUT2D eigenvalue weighted by atomic mass is 127. The molecule has 2 rings (SSSR count). The molecule has 0 amide bonds. The van der Waals surface area contributed by atoms with Crippen LogP contribution in [0.5, 0.6) is 0 Å². The first-order valence-corrected chi connectivity index (χ1v) is 9.20. The summed E-state index contributed by atoms with van der Waals surface area (Å²) in [5, 5.41) is 3.69. The van der Waals surface area contributed by atoms with Gasteiger partial charge in [-0.3, -0.25) is 0 Å². The minimum Gasteiger partial charge on any atom is -0.312 e. The van der Waals surface area contributed by atoms with Crippen molar-refractivity contribution >= 4 is 34.4 Å². The summed E-state index contributed by atoms with van der Waals surface area (Å²) in [5.41, 5.74) is 1.44. The highest BCUT2D eigenvalue weighted by molar-refractivity contribution is 14.1. The Hall–Kier alpha value is 0.220. The van der Waals surface area contributed by atoms with Gasteiger partial charge in [0.2, 0.25) is 0 Å². The minimum atomic E-state index is 0.558. The molecule has 106 valence electrons. The van der Waals surface area contributed by atoms with E-state index in [9.17, 15) is 0 Å². The Bertz CT molecular complexity index is 382. The molecular weight excluding hydrogens is 367 g/mol. The van der Waals surface area contributed by atoms with E-state index >= 15 is 0 Å². The smallest absolute Gasteiger partial charge is 0.0340 e. The molecule has 0 aromatic heterocycles. The van der Waals surface area contributed by atoms with Gasteiger partial charge in [-0.1, -0.05) is 19.1 Å². The van der Waals surface area contributed by atoms with Gasteiger partial charge in [0, 0.05) is 33.7 Å². The summed E-state index contributed by atoms with van der Waals surface area (Å²) < 4.78 is 1.31. The highest BCUT2D eigenvalue weighted by Gasteiger charge is 2.27. The van der Waals surface area contributed by atoms with E-state index in [4.69, 9.17) is 0 Å². The summed E-state index contributed by atoms with van der Waals surface area (Å²) in [6.45, 7) is 4.46. The van der Waals surface area contributed by atoms with Crippen LogP contribution in [-0.4, -0.2) is 48.6 Å². The Balaban J connectivity index is 2.04. The molecule has 0 bridgehead atoms. The van der Waals surface area contributed by atoms with E-state index in [0.29, 0.717) is 12.1 Å². The van der Waals surface area contributed by atoms with Crippen molar-refractivity contribution in [2.75, 3.05) is 31.6 Å². The second-order valence-electron chi connectivity index (χ2n) is 5.12. The van der Waals surface area contributed by atoms with Crippen molar-refractivity contribution < 1.29 is 0 Å². The molecule has 1 aliphatic heterocycles.